The Balaban J connectivity index is 1.37. The van der Waals surface area contributed by atoms with E-state index in [4.69, 9.17) is 19.7 Å². The lowest BCUT2D eigenvalue weighted by Crippen LogP contribution is -2.54. The fraction of sp³-hybridized carbons (Fsp3) is 0.560. The minimum absolute atomic E-state index is 0.432. The highest BCUT2D eigenvalue weighted by Gasteiger charge is 2.67. The van der Waals surface area contributed by atoms with Crippen LogP contribution in [0.4, 0.5) is 0 Å². The normalized spacial score (nSPS) is 31.6. The number of nitrogens with zero attached hydrogens (tertiary/aromatic N) is 7. The molecule has 1 aliphatic heterocycles. The highest BCUT2D eigenvalue weighted by Crippen LogP contribution is 2.76. The second-order valence-electron chi connectivity index (χ2n) is 10.9. The average molecular weight is 442 g/mol. The Kier molecular flexibility index (Phi) is 3.36. The maximum absolute atomic E-state index is 6.08. The van der Waals surface area contributed by atoms with Crippen molar-refractivity contribution in [2.24, 2.45) is 17.3 Å². The van der Waals surface area contributed by atoms with Gasteiger partial charge >= 0.3 is 0 Å². The van der Waals surface area contributed by atoms with Crippen LogP contribution in [0.3, 0.4) is 0 Å². The summed E-state index contributed by atoms with van der Waals surface area (Å²) in [6, 6.07) is 1.90. The maximum Gasteiger partial charge on any atom is 0.165 e. The van der Waals surface area contributed by atoms with Crippen molar-refractivity contribution >= 4 is 16.8 Å². The molecule has 168 valence electrons. The molecule has 1 spiro atoms. The minimum atomic E-state index is -0.432. The summed E-state index contributed by atoms with van der Waals surface area (Å²) in [7, 11) is 0. The molecule has 0 amide bonds. The molecule has 3 fully saturated rings. The molecule has 0 N–H and O–H groups in total. The van der Waals surface area contributed by atoms with Crippen LogP contribution in [-0.2, 0) is 16.9 Å². The molecule has 3 saturated carbocycles. The first-order chi connectivity index (χ1) is 16.0. The summed E-state index contributed by atoms with van der Waals surface area (Å²) in [5, 5.41) is 4.37. The molecule has 4 aliphatic rings. The van der Waals surface area contributed by atoms with Crippen LogP contribution in [0.2, 0.25) is 0 Å². The fourth-order valence-electron chi connectivity index (χ4n) is 7.54. The van der Waals surface area contributed by atoms with Crippen LogP contribution in [0.5, 0.6) is 0 Å². The molecule has 4 atom stereocenters. The molecule has 0 radical (unpaired) electrons. The molecule has 4 aromatic rings. The molecule has 8 rings (SSSR count). The lowest BCUT2D eigenvalue weighted by Gasteiger charge is -2.62. The first kappa shape index (κ1) is 18.5. The van der Waals surface area contributed by atoms with Gasteiger partial charge < -0.3 is 9.30 Å². The lowest BCUT2D eigenvalue weighted by molar-refractivity contribution is -0.0921. The quantitative estimate of drug-likeness (QED) is 0.466. The Morgan fingerprint density at radius 1 is 1.09 bits per heavy atom. The predicted octanol–water partition coefficient (Wildman–Crippen LogP) is 4.10. The summed E-state index contributed by atoms with van der Waals surface area (Å²) in [5.41, 5.74) is 4.81. The molecule has 3 aliphatic carbocycles. The van der Waals surface area contributed by atoms with E-state index in [0.717, 1.165) is 58.1 Å². The van der Waals surface area contributed by atoms with Crippen LogP contribution in [0.25, 0.3) is 28.2 Å². The van der Waals surface area contributed by atoms with Crippen molar-refractivity contribution in [1.29, 1.82) is 0 Å². The molecule has 4 unspecified atom stereocenters. The van der Waals surface area contributed by atoms with Crippen LogP contribution < -0.4 is 0 Å². The van der Waals surface area contributed by atoms with Gasteiger partial charge in [-0.25, -0.2) is 24.5 Å². The molecule has 33 heavy (non-hydrogen) atoms. The van der Waals surface area contributed by atoms with E-state index in [2.05, 4.69) is 28.5 Å². The molecular weight excluding hydrogens is 414 g/mol. The second-order valence-corrected chi connectivity index (χ2v) is 10.9. The van der Waals surface area contributed by atoms with Crippen LogP contribution in [-0.4, -0.2) is 40.7 Å². The van der Waals surface area contributed by atoms with E-state index in [9.17, 15) is 0 Å². The van der Waals surface area contributed by atoms with Crippen LogP contribution in [0.1, 0.15) is 63.4 Å². The van der Waals surface area contributed by atoms with E-state index < -0.39 is 5.60 Å². The molecule has 8 nitrogen and oxygen atoms in total. The van der Waals surface area contributed by atoms with E-state index in [0.29, 0.717) is 17.9 Å². The summed E-state index contributed by atoms with van der Waals surface area (Å²) in [6.45, 7) is 5.63. The van der Waals surface area contributed by atoms with Gasteiger partial charge in [-0.2, -0.15) is 5.10 Å². The van der Waals surface area contributed by atoms with Crippen molar-refractivity contribution < 1.29 is 4.74 Å². The van der Waals surface area contributed by atoms with Gasteiger partial charge in [-0.05, 0) is 63.2 Å². The van der Waals surface area contributed by atoms with Crippen molar-refractivity contribution in [3.63, 3.8) is 0 Å². The third-order valence-electron chi connectivity index (χ3n) is 9.25. The Morgan fingerprint density at radius 3 is 2.85 bits per heavy atom. The summed E-state index contributed by atoms with van der Waals surface area (Å²) < 4.78 is 10.1. The average Bonchev–Trinajstić information content (AvgIpc) is 3.43. The van der Waals surface area contributed by atoms with Gasteiger partial charge in [0.1, 0.15) is 16.9 Å². The third kappa shape index (κ3) is 2.23. The first-order valence-electron chi connectivity index (χ1n) is 12.3. The molecule has 0 saturated heterocycles. The summed E-state index contributed by atoms with van der Waals surface area (Å²) in [5.74, 6) is 3.91. The van der Waals surface area contributed by atoms with E-state index >= 15 is 0 Å². The van der Waals surface area contributed by atoms with Gasteiger partial charge in [0, 0.05) is 30.9 Å². The zero-order chi connectivity index (χ0) is 21.9. The van der Waals surface area contributed by atoms with Gasteiger partial charge in [0.2, 0.25) is 0 Å². The summed E-state index contributed by atoms with van der Waals surface area (Å²) in [4.78, 5) is 20.0. The zero-order valence-corrected chi connectivity index (χ0v) is 19.0. The SMILES string of the molecule is CC1(C)OCCn2c1nc1c(C3CC4CCC5CCC543)nc(-c3cnc4ccnn4c3)nc12. The van der Waals surface area contributed by atoms with Gasteiger partial charge in [-0.3, -0.25) is 0 Å². The number of imidazole rings is 1. The molecule has 0 bridgehead atoms. The van der Waals surface area contributed by atoms with Gasteiger partial charge in [0.05, 0.1) is 24.1 Å². The van der Waals surface area contributed by atoms with Crippen LogP contribution >= 0.6 is 0 Å². The molecule has 4 aromatic heterocycles. The van der Waals surface area contributed by atoms with Crippen molar-refractivity contribution in [3.8, 4) is 11.4 Å². The van der Waals surface area contributed by atoms with E-state index in [-0.39, 0.29) is 0 Å². The Bertz CT molecular complexity index is 1440. The second kappa shape index (κ2) is 5.97. The topological polar surface area (TPSA) is 83.0 Å². The Morgan fingerprint density at radius 2 is 2.00 bits per heavy atom. The van der Waals surface area contributed by atoms with Crippen molar-refractivity contribution in [2.45, 2.75) is 64.0 Å². The highest BCUT2D eigenvalue weighted by atomic mass is 16.5. The fourth-order valence-corrected chi connectivity index (χ4v) is 7.54. The number of hydrogen-bond acceptors (Lipinski definition) is 6. The van der Waals surface area contributed by atoms with Gasteiger partial charge in [-0.1, -0.05) is 0 Å². The van der Waals surface area contributed by atoms with Gasteiger partial charge in [0.15, 0.2) is 17.1 Å². The van der Waals surface area contributed by atoms with Crippen LogP contribution in [0.15, 0.2) is 24.7 Å². The molecule has 5 heterocycles. The first-order valence-corrected chi connectivity index (χ1v) is 12.3. The van der Waals surface area contributed by atoms with E-state index in [1.165, 1.54) is 32.1 Å². The summed E-state index contributed by atoms with van der Waals surface area (Å²) >= 11 is 0. The van der Waals surface area contributed by atoms with Crippen molar-refractivity contribution in [2.75, 3.05) is 6.61 Å². The Hall–Kier alpha value is -2.87. The van der Waals surface area contributed by atoms with E-state index in [1.807, 2.05) is 18.5 Å². The monoisotopic (exact) mass is 441 g/mol. The van der Waals surface area contributed by atoms with E-state index in [1.54, 1.807) is 10.7 Å². The largest absolute Gasteiger partial charge is 0.366 e. The lowest BCUT2D eigenvalue weighted by atomic mass is 9.42. The number of hydrogen-bond donors (Lipinski definition) is 0. The van der Waals surface area contributed by atoms with Gasteiger partial charge in [-0.15, -0.1) is 0 Å². The highest BCUT2D eigenvalue weighted by molar-refractivity contribution is 5.78. The predicted molar refractivity (Wildman–Crippen MR) is 122 cm³/mol. The molecule has 8 heteroatoms. The van der Waals surface area contributed by atoms with Crippen molar-refractivity contribution in [1.82, 2.24) is 34.1 Å². The molecule has 0 aromatic carbocycles. The number of aromatic nitrogens is 7. The molecular formula is C25H27N7O. The minimum Gasteiger partial charge on any atom is -0.366 e. The van der Waals surface area contributed by atoms with Crippen LogP contribution in [0, 0.1) is 17.3 Å². The maximum atomic E-state index is 6.08. The zero-order valence-electron chi connectivity index (χ0n) is 19.0. The number of fused-ring (bicyclic) bond motifs is 4. The number of rotatable bonds is 2. The standard InChI is InChI=1S/C25H27N7O/c1-24(2)23-29-20-19(17-11-16-4-3-15-5-7-25(15,16)17)28-21(30-22(20)31(23)9-10-33-24)14-12-26-18-6-8-27-32(18)13-14/h6,8,12-13,15-17H,3-5,7,9-11H2,1-2H3. The Labute approximate surface area is 191 Å². The number of ether oxygens (including phenoxy) is 1. The smallest absolute Gasteiger partial charge is 0.165 e. The summed E-state index contributed by atoms with van der Waals surface area (Å²) in [6.07, 6.45) is 12.4. The van der Waals surface area contributed by atoms with Crippen molar-refractivity contribution in [3.05, 3.63) is 36.2 Å². The van der Waals surface area contributed by atoms with Gasteiger partial charge in [0.25, 0.3) is 0 Å². The third-order valence-corrected chi connectivity index (χ3v) is 9.25.